The van der Waals surface area contributed by atoms with Crippen molar-refractivity contribution in [3.63, 3.8) is 0 Å². The predicted octanol–water partition coefficient (Wildman–Crippen LogP) is 2.52. The Kier molecular flexibility index (Phi) is 4.08. The number of nitrogens with zero attached hydrogens (tertiary/aromatic N) is 1. The molecular weight excluding hydrogens is 258 g/mol. The number of aliphatic carboxylic acids is 1. The van der Waals surface area contributed by atoms with Gasteiger partial charge in [-0.3, -0.25) is 9.78 Å². The first-order valence-corrected chi connectivity index (χ1v) is 6.29. The van der Waals surface area contributed by atoms with Crippen LogP contribution in [0.3, 0.4) is 0 Å². The Labute approximate surface area is 117 Å². The lowest BCUT2D eigenvalue weighted by Crippen LogP contribution is -2.13. The molecule has 0 aliphatic heterocycles. The number of carboxylic acid groups (broad SMARTS) is 1. The highest BCUT2D eigenvalue weighted by Gasteiger charge is 2.13. The minimum absolute atomic E-state index is 0.402. The van der Waals surface area contributed by atoms with E-state index in [1.54, 1.807) is 27.2 Å². The number of ether oxygens (including phenoxy) is 2. The van der Waals surface area contributed by atoms with Gasteiger partial charge >= 0.3 is 5.97 Å². The van der Waals surface area contributed by atoms with Crippen molar-refractivity contribution < 1.29 is 19.4 Å². The Morgan fingerprint density at radius 1 is 1.25 bits per heavy atom. The molecule has 5 nitrogen and oxygen atoms in total. The third-order valence-electron chi connectivity index (χ3n) is 3.19. The number of hydrogen-bond donors (Lipinski definition) is 1. The average molecular weight is 275 g/mol. The zero-order valence-electron chi connectivity index (χ0n) is 11.7. The van der Waals surface area contributed by atoms with Crippen molar-refractivity contribution in [2.24, 2.45) is 5.92 Å². The van der Waals surface area contributed by atoms with Crippen LogP contribution in [-0.2, 0) is 11.2 Å². The van der Waals surface area contributed by atoms with Crippen molar-refractivity contribution in [3.8, 4) is 11.5 Å². The summed E-state index contributed by atoms with van der Waals surface area (Å²) in [5.74, 6) is -0.0244. The van der Waals surface area contributed by atoms with Crippen LogP contribution < -0.4 is 9.47 Å². The molecule has 0 spiro atoms. The van der Waals surface area contributed by atoms with E-state index in [1.807, 2.05) is 18.2 Å². The molecule has 106 valence electrons. The molecule has 2 aromatic rings. The fourth-order valence-corrected chi connectivity index (χ4v) is 2.01. The smallest absolute Gasteiger partial charge is 0.306 e. The molecule has 0 amide bonds. The van der Waals surface area contributed by atoms with E-state index < -0.39 is 11.9 Å². The van der Waals surface area contributed by atoms with Gasteiger partial charge in [-0.1, -0.05) is 13.0 Å². The van der Waals surface area contributed by atoms with Crippen LogP contribution in [0.5, 0.6) is 11.5 Å². The van der Waals surface area contributed by atoms with Gasteiger partial charge < -0.3 is 14.6 Å². The van der Waals surface area contributed by atoms with Gasteiger partial charge in [-0.25, -0.2) is 0 Å². The zero-order chi connectivity index (χ0) is 14.7. The van der Waals surface area contributed by atoms with E-state index in [-0.39, 0.29) is 0 Å². The lowest BCUT2D eigenvalue weighted by Gasteiger charge is -2.10. The molecule has 1 N–H and O–H groups in total. The normalized spacial score (nSPS) is 12.2. The first-order valence-electron chi connectivity index (χ1n) is 6.29. The second-order valence-electron chi connectivity index (χ2n) is 4.65. The summed E-state index contributed by atoms with van der Waals surface area (Å²) in [6.07, 6.45) is 0.402. The number of hydrogen-bond acceptors (Lipinski definition) is 4. The van der Waals surface area contributed by atoms with Gasteiger partial charge in [-0.2, -0.15) is 0 Å². The molecule has 0 bridgehead atoms. The van der Waals surface area contributed by atoms with Crippen LogP contribution in [0.2, 0.25) is 0 Å². The van der Waals surface area contributed by atoms with E-state index in [4.69, 9.17) is 14.6 Å². The predicted molar refractivity (Wildman–Crippen MR) is 75.4 cm³/mol. The van der Waals surface area contributed by atoms with Crippen molar-refractivity contribution in [3.05, 3.63) is 30.0 Å². The zero-order valence-corrected chi connectivity index (χ0v) is 11.7. The quantitative estimate of drug-likeness (QED) is 0.908. The molecule has 1 unspecified atom stereocenters. The van der Waals surface area contributed by atoms with Crippen molar-refractivity contribution in [1.82, 2.24) is 4.98 Å². The van der Waals surface area contributed by atoms with Crippen molar-refractivity contribution in [2.45, 2.75) is 13.3 Å². The van der Waals surface area contributed by atoms with Gasteiger partial charge in [-0.05, 0) is 12.1 Å². The van der Waals surface area contributed by atoms with Crippen molar-refractivity contribution in [1.29, 1.82) is 0 Å². The van der Waals surface area contributed by atoms with E-state index >= 15 is 0 Å². The number of benzene rings is 1. The largest absolute Gasteiger partial charge is 0.493 e. The summed E-state index contributed by atoms with van der Waals surface area (Å²) in [5, 5.41) is 9.87. The number of pyridine rings is 1. The van der Waals surface area contributed by atoms with Gasteiger partial charge in [0.2, 0.25) is 0 Å². The third kappa shape index (κ3) is 2.82. The van der Waals surface area contributed by atoms with Gasteiger partial charge in [0, 0.05) is 23.6 Å². The average Bonchev–Trinajstić information content (AvgIpc) is 2.45. The van der Waals surface area contributed by atoms with E-state index in [0.717, 1.165) is 16.6 Å². The molecule has 0 aliphatic carbocycles. The summed E-state index contributed by atoms with van der Waals surface area (Å²) < 4.78 is 10.5. The highest BCUT2D eigenvalue weighted by atomic mass is 16.5. The van der Waals surface area contributed by atoms with Crippen LogP contribution in [0.25, 0.3) is 10.9 Å². The van der Waals surface area contributed by atoms with Gasteiger partial charge in [0.15, 0.2) is 11.5 Å². The summed E-state index contributed by atoms with van der Waals surface area (Å²) in [6, 6.07) is 7.40. The van der Waals surface area contributed by atoms with Crippen LogP contribution in [0.1, 0.15) is 12.6 Å². The summed E-state index contributed by atoms with van der Waals surface area (Å²) >= 11 is 0. The topological polar surface area (TPSA) is 68.7 Å². The number of carboxylic acids is 1. The molecule has 1 aromatic carbocycles. The maximum atomic E-state index is 10.9. The fourth-order valence-electron chi connectivity index (χ4n) is 2.01. The SMILES string of the molecule is COc1cc2ccc(CC(C)C(=O)O)nc2cc1OC. The highest BCUT2D eigenvalue weighted by Crippen LogP contribution is 2.31. The van der Waals surface area contributed by atoms with Crippen LogP contribution in [0, 0.1) is 5.92 Å². The molecule has 1 atom stereocenters. The Morgan fingerprint density at radius 2 is 1.90 bits per heavy atom. The number of aromatic nitrogens is 1. The van der Waals surface area contributed by atoms with Gasteiger partial charge in [0.05, 0.1) is 25.7 Å². The minimum atomic E-state index is -0.820. The minimum Gasteiger partial charge on any atom is -0.493 e. The number of fused-ring (bicyclic) bond motifs is 1. The maximum absolute atomic E-state index is 10.9. The second-order valence-corrected chi connectivity index (χ2v) is 4.65. The molecule has 0 aliphatic rings. The number of carbonyl (C=O) groups is 1. The Balaban J connectivity index is 2.40. The molecular formula is C15H17NO4. The van der Waals surface area contributed by atoms with E-state index in [9.17, 15) is 4.79 Å². The molecule has 20 heavy (non-hydrogen) atoms. The van der Waals surface area contributed by atoms with Crippen LogP contribution in [0.15, 0.2) is 24.3 Å². The van der Waals surface area contributed by atoms with Crippen molar-refractivity contribution >= 4 is 16.9 Å². The summed E-state index contributed by atoms with van der Waals surface area (Å²) in [6.45, 7) is 1.67. The molecule has 2 rings (SSSR count). The molecule has 0 radical (unpaired) electrons. The first kappa shape index (κ1) is 14.1. The van der Waals surface area contributed by atoms with Crippen LogP contribution in [0.4, 0.5) is 0 Å². The Hall–Kier alpha value is -2.30. The Bertz CT molecular complexity index is 639. The maximum Gasteiger partial charge on any atom is 0.306 e. The molecule has 1 aromatic heterocycles. The summed E-state index contributed by atoms with van der Waals surface area (Å²) in [5.41, 5.74) is 1.51. The van der Waals surface area contributed by atoms with Crippen LogP contribution >= 0.6 is 0 Å². The summed E-state index contributed by atoms with van der Waals surface area (Å²) in [4.78, 5) is 15.4. The second kappa shape index (κ2) is 5.77. The number of methoxy groups -OCH3 is 2. The lowest BCUT2D eigenvalue weighted by molar-refractivity contribution is -0.141. The monoisotopic (exact) mass is 275 g/mol. The highest BCUT2D eigenvalue weighted by molar-refractivity contribution is 5.83. The molecule has 5 heteroatoms. The Morgan fingerprint density at radius 3 is 2.50 bits per heavy atom. The van der Waals surface area contributed by atoms with Crippen LogP contribution in [-0.4, -0.2) is 30.3 Å². The molecule has 0 saturated heterocycles. The van der Waals surface area contributed by atoms with Gasteiger partial charge in [0.1, 0.15) is 0 Å². The van der Waals surface area contributed by atoms with E-state index in [2.05, 4.69) is 4.98 Å². The molecule has 0 saturated carbocycles. The third-order valence-corrected chi connectivity index (χ3v) is 3.19. The first-order chi connectivity index (χ1) is 9.55. The van der Waals surface area contributed by atoms with E-state index in [0.29, 0.717) is 17.9 Å². The van der Waals surface area contributed by atoms with Gasteiger partial charge in [0.25, 0.3) is 0 Å². The van der Waals surface area contributed by atoms with Gasteiger partial charge in [-0.15, -0.1) is 0 Å². The summed E-state index contributed by atoms with van der Waals surface area (Å²) in [7, 11) is 3.15. The number of rotatable bonds is 5. The fraction of sp³-hybridized carbons (Fsp3) is 0.333. The molecule has 0 fully saturated rings. The standard InChI is InChI=1S/C15H17NO4/c1-9(15(17)18)6-11-5-4-10-7-13(19-2)14(20-3)8-12(10)16-11/h4-5,7-9H,6H2,1-3H3,(H,17,18). The van der Waals surface area contributed by atoms with Crippen molar-refractivity contribution in [2.75, 3.05) is 14.2 Å². The van der Waals surface area contributed by atoms with E-state index in [1.165, 1.54) is 0 Å². The molecule has 1 heterocycles. The lowest BCUT2D eigenvalue weighted by atomic mass is 10.0.